The van der Waals surface area contributed by atoms with Gasteiger partial charge in [-0.05, 0) is 25.7 Å². The van der Waals surface area contributed by atoms with Crippen LogP contribution in [-0.4, -0.2) is 29.4 Å². The van der Waals surface area contributed by atoms with E-state index in [1.807, 2.05) is 6.92 Å². The summed E-state index contributed by atoms with van der Waals surface area (Å²) in [5.41, 5.74) is 0. The third kappa shape index (κ3) is 17.9. The zero-order valence-electron chi connectivity index (χ0n) is 18.7. The summed E-state index contributed by atoms with van der Waals surface area (Å²) >= 11 is 0. The molecule has 0 bridgehead atoms. The van der Waals surface area contributed by atoms with Crippen LogP contribution in [0.15, 0.2) is 0 Å². The molecular weight excluding hydrogens is 372 g/mol. The Kier molecular flexibility index (Phi) is 18.8. The maximum atomic E-state index is 11.3. The lowest BCUT2D eigenvalue weighted by Gasteiger charge is -2.12. The van der Waals surface area contributed by atoms with Crippen molar-refractivity contribution in [1.82, 2.24) is 0 Å². The first-order valence-electron chi connectivity index (χ1n) is 12.1. The molecule has 5 heteroatoms. The highest BCUT2D eigenvalue weighted by Crippen LogP contribution is 2.18. The Morgan fingerprint density at radius 3 is 1.29 bits per heavy atom. The molecule has 28 heavy (non-hydrogen) atoms. The van der Waals surface area contributed by atoms with Crippen LogP contribution in [-0.2, 0) is 10.1 Å². The smallest absolute Gasteiger partial charge is 0.267 e. The highest BCUT2D eigenvalue weighted by atomic mass is 32.2. The number of rotatable bonds is 21. The van der Waals surface area contributed by atoms with Crippen LogP contribution in [0.2, 0.25) is 0 Å². The summed E-state index contributed by atoms with van der Waals surface area (Å²) in [5, 5.41) is 9.13. The highest BCUT2D eigenvalue weighted by molar-refractivity contribution is 7.86. The lowest BCUT2D eigenvalue weighted by Crippen LogP contribution is -2.20. The Labute approximate surface area is 175 Å². The number of aliphatic hydroxyl groups excluding tert-OH is 1. The van der Waals surface area contributed by atoms with Gasteiger partial charge in [0.25, 0.3) is 10.1 Å². The van der Waals surface area contributed by atoms with Crippen LogP contribution in [0.3, 0.4) is 0 Å². The average Bonchev–Trinajstić information content (AvgIpc) is 2.63. The van der Waals surface area contributed by atoms with E-state index in [0.717, 1.165) is 38.5 Å². The first kappa shape index (κ1) is 27.9. The van der Waals surface area contributed by atoms with Gasteiger partial charge in [-0.25, -0.2) is 0 Å². The SMILES string of the molecule is CCCC(O)CCCCCCCCCCCCCCCC(CCC)S(=O)(=O)O. The summed E-state index contributed by atoms with van der Waals surface area (Å²) in [4.78, 5) is 0. The maximum absolute atomic E-state index is 11.3. The molecule has 0 aromatic heterocycles. The minimum Gasteiger partial charge on any atom is -0.393 e. The zero-order chi connectivity index (χ0) is 21.1. The lowest BCUT2D eigenvalue weighted by atomic mass is 10.0. The van der Waals surface area contributed by atoms with Gasteiger partial charge < -0.3 is 5.11 Å². The van der Waals surface area contributed by atoms with Gasteiger partial charge >= 0.3 is 0 Å². The van der Waals surface area contributed by atoms with Crippen molar-refractivity contribution in [2.24, 2.45) is 0 Å². The molecule has 4 nitrogen and oxygen atoms in total. The quantitative estimate of drug-likeness (QED) is 0.154. The van der Waals surface area contributed by atoms with Crippen molar-refractivity contribution < 1.29 is 18.1 Å². The second-order valence-corrected chi connectivity index (χ2v) is 10.2. The van der Waals surface area contributed by atoms with Gasteiger partial charge in [-0.3, -0.25) is 4.55 Å². The molecule has 0 aliphatic heterocycles. The van der Waals surface area contributed by atoms with Crippen molar-refractivity contribution in [3.63, 3.8) is 0 Å². The molecule has 0 aromatic carbocycles. The Bertz CT molecular complexity index is 422. The highest BCUT2D eigenvalue weighted by Gasteiger charge is 2.20. The van der Waals surface area contributed by atoms with Gasteiger partial charge in [0, 0.05) is 0 Å². The molecule has 0 radical (unpaired) electrons. The van der Waals surface area contributed by atoms with Gasteiger partial charge in [-0.2, -0.15) is 8.42 Å². The molecule has 0 aliphatic rings. The molecule has 0 saturated heterocycles. The van der Waals surface area contributed by atoms with Crippen molar-refractivity contribution in [2.75, 3.05) is 0 Å². The molecule has 0 amide bonds. The van der Waals surface area contributed by atoms with Gasteiger partial charge in [0.05, 0.1) is 11.4 Å². The van der Waals surface area contributed by atoms with Crippen molar-refractivity contribution in [1.29, 1.82) is 0 Å². The molecule has 0 heterocycles. The summed E-state index contributed by atoms with van der Waals surface area (Å²) in [6.45, 7) is 4.08. The van der Waals surface area contributed by atoms with Gasteiger partial charge in [0.2, 0.25) is 0 Å². The Hall–Kier alpha value is -0.130. The van der Waals surface area contributed by atoms with Gasteiger partial charge in [0.1, 0.15) is 0 Å². The van der Waals surface area contributed by atoms with Crippen molar-refractivity contribution >= 4 is 10.1 Å². The fraction of sp³-hybridized carbons (Fsp3) is 1.00. The molecule has 0 aliphatic carbocycles. The van der Waals surface area contributed by atoms with Crippen LogP contribution >= 0.6 is 0 Å². The van der Waals surface area contributed by atoms with E-state index in [9.17, 15) is 18.1 Å². The van der Waals surface area contributed by atoms with Crippen molar-refractivity contribution in [3.05, 3.63) is 0 Å². The maximum Gasteiger partial charge on any atom is 0.267 e. The molecule has 2 unspecified atom stereocenters. The van der Waals surface area contributed by atoms with Crippen LogP contribution in [0, 0.1) is 0 Å². The zero-order valence-corrected chi connectivity index (χ0v) is 19.5. The minimum atomic E-state index is -3.86. The van der Waals surface area contributed by atoms with Crippen LogP contribution in [0.1, 0.15) is 136 Å². The second kappa shape index (κ2) is 18.9. The fourth-order valence-corrected chi connectivity index (χ4v) is 4.94. The molecule has 0 spiro atoms. The predicted octanol–water partition coefficient (Wildman–Crippen LogP) is 7.06. The molecule has 0 rings (SSSR count). The van der Waals surface area contributed by atoms with Gasteiger partial charge in [0.15, 0.2) is 0 Å². The van der Waals surface area contributed by atoms with E-state index in [1.165, 1.54) is 70.6 Å². The number of hydrogen-bond donors (Lipinski definition) is 2. The summed E-state index contributed by atoms with van der Waals surface area (Å²) in [7, 11) is -3.86. The van der Waals surface area contributed by atoms with E-state index in [1.54, 1.807) is 0 Å². The van der Waals surface area contributed by atoms with E-state index < -0.39 is 15.4 Å². The molecule has 0 aromatic rings. The van der Waals surface area contributed by atoms with Gasteiger partial charge in [-0.1, -0.05) is 110 Å². The van der Waals surface area contributed by atoms with Gasteiger partial charge in [-0.15, -0.1) is 0 Å². The second-order valence-electron chi connectivity index (χ2n) is 8.54. The monoisotopic (exact) mass is 420 g/mol. The summed E-state index contributed by atoms with van der Waals surface area (Å²) in [6.07, 6.45) is 21.0. The third-order valence-electron chi connectivity index (χ3n) is 5.72. The minimum absolute atomic E-state index is 0.0783. The molecule has 0 fully saturated rings. The molecule has 0 saturated carbocycles. The van der Waals surface area contributed by atoms with Crippen molar-refractivity contribution in [2.45, 2.75) is 147 Å². The number of unbranched alkanes of at least 4 members (excludes halogenated alkanes) is 12. The molecular formula is C23H48O4S. The van der Waals surface area contributed by atoms with Crippen LogP contribution in [0.5, 0.6) is 0 Å². The number of hydrogen-bond acceptors (Lipinski definition) is 3. The first-order valence-corrected chi connectivity index (χ1v) is 13.6. The molecule has 2 N–H and O–H groups in total. The summed E-state index contributed by atoms with van der Waals surface area (Å²) in [5.74, 6) is 0. The van der Waals surface area contributed by atoms with Crippen molar-refractivity contribution in [3.8, 4) is 0 Å². The third-order valence-corrected chi connectivity index (χ3v) is 7.03. The predicted molar refractivity (Wildman–Crippen MR) is 120 cm³/mol. The standard InChI is InChI=1S/C23H48O4S/c1-3-18-22(24)20-16-14-12-10-8-6-5-7-9-11-13-15-17-21-23(19-4-2)28(25,26)27/h22-24H,3-21H2,1-2H3,(H,25,26,27). The number of aliphatic hydroxyl groups is 1. The summed E-state index contributed by atoms with van der Waals surface area (Å²) < 4.78 is 31.8. The molecule has 2 atom stereocenters. The normalized spacial score (nSPS) is 14.3. The Morgan fingerprint density at radius 1 is 0.571 bits per heavy atom. The van der Waals surface area contributed by atoms with E-state index in [4.69, 9.17) is 0 Å². The van der Waals surface area contributed by atoms with E-state index >= 15 is 0 Å². The first-order chi connectivity index (χ1) is 13.4. The van der Waals surface area contributed by atoms with Crippen LogP contribution in [0.25, 0.3) is 0 Å². The molecule has 170 valence electrons. The van der Waals surface area contributed by atoms with Crippen LogP contribution < -0.4 is 0 Å². The Morgan fingerprint density at radius 2 is 0.929 bits per heavy atom. The largest absolute Gasteiger partial charge is 0.393 e. The summed E-state index contributed by atoms with van der Waals surface area (Å²) in [6, 6.07) is 0. The topological polar surface area (TPSA) is 74.6 Å². The Balaban J connectivity index is 3.32. The van der Waals surface area contributed by atoms with E-state index in [-0.39, 0.29) is 6.10 Å². The van der Waals surface area contributed by atoms with E-state index in [2.05, 4.69) is 6.92 Å². The fourth-order valence-electron chi connectivity index (χ4n) is 3.94. The average molecular weight is 421 g/mol. The lowest BCUT2D eigenvalue weighted by molar-refractivity contribution is 0.150. The van der Waals surface area contributed by atoms with Crippen LogP contribution in [0.4, 0.5) is 0 Å². The van der Waals surface area contributed by atoms with E-state index in [0.29, 0.717) is 12.8 Å².